The number of ether oxygens (including phenoxy) is 2. The van der Waals surface area contributed by atoms with Crippen LogP contribution in [-0.4, -0.2) is 53.6 Å². The molecule has 0 aliphatic carbocycles. The third-order valence-corrected chi connectivity index (χ3v) is 3.24. The normalized spacial score (nSPS) is 15.7. The standard InChI is InChI=1S/C13H15N3O3/c1-18-11-8-12-14-2-3-16(12)9-10(11)13(17)15-4-6-19-7-5-15/h2-3,8-9H,4-7H2,1H3. The van der Waals surface area contributed by atoms with Crippen LogP contribution in [0, 0.1) is 0 Å². The summed E-state index contributed by atoms with van der Waals surface area (Å²) in [6.07, 6.45) is 5.27. The van der Waals surface area contributed by atoms with Crippen LogP contribution in [0.3, 0.4) is 0 Å². The quantitative estimate of drug-likeness (QED) is 0.803. The fourth-order valence-electron chi connectivity index (χ4n) is 2.21. The Morgan fingerprint density at radius 1 is 1.42 bits per heavy atom. The molecule has 0 saturated carbocycles. The number of methoxy groups -OCH3 is 1. The van der Waals surface area contributed by atoms with Gasteiger partial charge in [-0.2, -0.15) is 0 Å². The fourth-order valence-corrected chi connectivity index (χ4v) is 2.21. The maximum atomic E-state index is 12.5. The zero-order chi connectivity index (χ0) is 13.2. The van der Waals surface area contributed by atoms with Crippen LogP contribution in [0.5, 0.6) is 5.75 Å². The second-order valence-electron chi connectivity index (χ2n) is 4.35. The number of morpholine rings is 1. The molecule has 100 valence electrons. The molecule has 1 aliphatic heterocycles. The highest BCUT2D eigenvalue weighted by Gasteiger charge is 2.22. The second-order valence-corrected chi connectivity index (χ2v) is 4.35. The zero-order valence-corrected chi connectivity index (χ0v) is 10.7. The van der Waals surface area contributed by atoms with Gasteiger partial charge >= 0.3 is 0 Å². The lowest BCUT2D eigenvalue weighted by atomic mass is 10.2. The molecule has 6 heteroatoms. The fraction of sp³-hybridized carbons (Fsp3) is 0.385. The summed E-state index contributed by atoms with van der Waals surface area (Å²) >= 11 is 0. The summed E-state index contributed by atoms with van der Waals surface area (Å²) in [6, 6.07) is 1.77. The van der Waals surface area contributed by atoms with Gasteiger partial charge in [-0.3, -0.25) is 4.79 Å². The third kappa shape index (κ3) is 2.15. The van der Waals surface area contributed by atoms with Crippen molar-refractivity contribution in [1.82, 2.24) is 14.3 Å². The number of imidazole rings is 1. The Morgan fingerprint density at radius 3 is 2.95 bits per heavy atom. The first-order valence-corrected chi connectivity index (χ1v) is 6.17. The largest absolute Gasteiger partial charge is 0.496 e. The maximum Gasteiger partial charge on any atom is 0.259 e. The smallest absolute Gasteiger partial charge is 0.259 e. The number of hydrogen-bond donors (Lipinski definition) is 0. The predicted molar refractivity (Wildman–Crippen MR) is 68.5 cm³/mol. The highest BCUT2D eigenvalue weighted by molar-refractivity contribution is 5.97. The minimum absolute atomic E-state index is 0.0317. The summed E-state index contributed by atoms with van der Waals surface area (Å²) in [4.78, 5) is 18.5. The molecule has 2 aromatic rings. The summed E-state index contributed by atoms with van der Waals surface area (Å²) in [7, 11) is 1.56. The van der Waals surface area contributed by atoms with E-state index in [4.69, 9.17) is 9.47 Å². The molecule has 1 saturated heterocycles. The van der Waals surface area contributed by atoms with E-state index in [1.807, 2.05) is 10.6 Å². The van der Waals surface area contributed by atoms with Gasteiger partial charge in [0, 0.05) is 37.7 Å². The number of carbonyl (C=O) groups excluding carboxylic acids is 1. The minimum atomic E-state index is -0.0317. The Balaban J connectivity index is 1.99. The third-order valence-electron chi connectivity index (χ3n) is 3.24. The molecule has 1 aliphatic rings. The lowest BCUT2D eigenvalue weighted by Crippen LogP contribution is -2.40. The first-order chi connectivity index (χ1) is 9.29. The highest BCUT2D eigenvalue weighted by atomic mass is 16.5. The van der Waals surface area contributed by atoms with E-state index < -0.39 is 0 Å². The average molecular weight is 261 g/mol. The number of aromatic nitrogens is 2. The molecule has 0 N–H and O–H groups in total. The van der Waals surface area contributed by atoms with Crippen molar-refractivity contribution >= 4 is 11.6 Å². The van der Waals surface area contributed by atoms with Crippen LogP contribution in [0.2, 0.25) is 0 Å². The van der Waals surface area contributed by atoms with Gasteiger partial charge in [0.15, 0.2) is 0 Å². The van der Waals surface area contributed by atoms with Gasteiger partial charge < -0.3 is 18.8 Å². The van der Waals surface area contributed by atoms with Gasteiger partial charge in [0.05, 0.1) is 25.9 Å². The van der Waals surface area contributed by atoms with Crippen molar-refractivity contribution in [2.24, 2.45) is 0 Å². The minimum Gasteiger partial charge on any atom is -0.496 e. The summed E-state index contributed by atoms with van der Waals surface area (Å²) in [5.41, 5.74) is 1.31. The molecule has 0 radical (unpaired) electrons. The molecular formula is C13H15N3O3. The maximum absolute atomic E-state index is 12.5. The topological polar surface area (TPSA) is 56.1 Å². The van der Waals surface area contributed by atoms with Crippen LogP contribution in [0.25, 0.3) is 5.65 Å². The highest BCUT2D eigenvalue weighted by Crippen LogP contribution is 2.22. The van der Waals surface area contributed by atoms with Gasteiger partial charge in [0.25, 0.3) is 5.91 Å². The Labute approximate surface area is 110 Å². The SMILES string of the molecule is COc1cc2nccn2cc1C(=O)N1CCOCC1. The van der Waals surface area contributed by atoms with Gasteiger partial charge in [-0.25, -0.2) is 4.98 Å². The number of nitrogens with zero attached hydrogens (tertiary/aromatic N) is 3. The second kappa shape index (κ2) is 4.89. The van der Waals surface area contributed by atoms with Crippen LogP contribution in [0.4, 0.5) is 0 Å². The summed E-state index contributed by atoms with van der Waals surface area (Å²) in [5.74, 6) is 0.519. The Morgan fingerprint density at radius 2 is 2.21 bits per heavy atom. The first kappa shape index (κ1) is 12.0. The molecule has 6 nitrogen and oxygen atoms in total. The van der Waals surface area contributed by atoms with Crippen LogP contribution < -0.4 is 4.74 Å². The van der Waals surface area contributed by atoms with E-state index in [0.717, 1.165) is 5.65 Å². The van der Waals surface area contributed by atoms with Gasteiger partial charge in [0.2, 0.25) is 0 Å². The molecule has 2 aromatic heterocycles. The number of fused-ring (bicyclic) bond motifs is 1. The molecule has 0 aromatic carbocycles. The van der Waals surface area contributed by atoms with Crippen molar-refractivity contribution in [3.63, 3.8) is 0 Å². The molecule has 1 amide bonds. The first-order valence-electron chi connectivity index (χ1n) is 6.17. The van der Waals surface area contributed by atoms with E-state index in [9.17, 15) is 4.79 Å². The van der Waals surface area contributed by atoms with Crippen LogP contribution >= 0.6 is 0 Å². The molecule has 19 heavy (non-hydrogen) atoms. The number of carbonyl (C=O) groups is 1. The lowest BCUT2D eigenvalue weighted by Gasteiger charge is -2.27. The van der Waals surface area contributed by atoms with E-state index in [1.165, 1.54) is 0 Å². The number of amides is 1. The lowest BCUT2D eigenvalue weighted by molar-refractivity contribution is 0.0300. The molecule has 0 atom stereocenters. The van der Waals surface area contributed by atoms with E-state index in [2.05, 4.69) is 4.98 Å². The molecule has 0 unspecified atom stereocenters. The number of rotatable bonds is 2. The molecule has 0 spiro atoms. The van der Waals surface area contributed by atoms with Gasteiger partial charge in [-0.15, -0.1) is 0 Å². The van der Waals surface area contributed by atoms with Crippen molar-refractivity contribution in [1.29, 1.82) is 0 Å². The Bertz CT molecular complexity index is 602. The van der Waals surface area contributed by atoms with Crippen molar-refractivity contribution in [3.8, 4) is 5.75 Å². The Kier molecular flexibility index (Phi) is 3.08. The van der Waals surface area contributed by atoms with Gasteiger partial charge in [-0.05, 0) is 0 Å². The van der Waals surface area contributed by atoms with Gasteiger partial charge in [-0.1, -0.05) is 0 Å². The monoisotopic (exact) mass is 261 g/mol. The van der Waals surface area contributed by atoms with Crippen molar-refractivity contribution in [2.45, 2.75) is 0 Å². The number of pyridine rings is 1. The van der Waals surface area contributed by atoms with E-state index in [-0.39, 0.29) is 5.91 Å². The molecule has 3 heterocycles. The van der Waals surface area contributed by atoms with Gasteiger partial charge in [0.1, 0.15) is 11.4 Å². The molecule has 3 rings (SSSR count). The molecule has 1 fully saturated rings. The van der Waals surface area contributed by atoms with Crippen molar-refractivity contribution < 1.29 is 14.3 Å². The van der Waals surface area contributed by atoms with Crippen LogP contribution in [-0.2, 0) is 4.74 Å². The van der Waals surface area contributed by atoms with Crippen molar-refractivity contribution in [2.75, 3.05) is 33.4 Å². The molecule has 0 bridgehead atoms. The van der Waals surface area contributed by atoms with E-state index >= 15 is 0 Å². The number of hydrogen-bond acceptors (Lipinski definition) is 4. The summed E-state index contributed by atoms with van der Waals surface area (Å²) < 4.78 is 12.4. The van der Waals surface area contributed by atoms with Crippen LogP contribution in [0.15, 0.2) is 24.7 Å². The predicted octanol–water partition coefficient (Wildman–Crippen LogP) is 0.815. The summed E-state index contributed by atoms with van der Waals surface area (Å²) in [6.45, 7) is 2.40. The Hall–Kier alpha value is -2.08. The summed E-state index contributed by atoms with van der Waals surface area (Å²) in [5, 5.41) is 0. The molecular weight excluding hydrogens is 246 g/mol. The van der Waals surface area contributed by atoms with E-state index in [0.29, 0.717) is 37.6 Å². The zero-order valence-electron chi connectivity index (χ0n) is 10.7. The van der Waals surface area contributed by atoms with Crippen molar-refractivity contribution in [3.05, 3.63) is 30.2 Å². The van der Waals surface area contributed by atoms with Crippen LogP contribution in [0.1, 0.15) is 10.4 Å². The van der Waals surface area contributed by atoms with E-state index in [1.54, 1.807) is 30.5 Å². The average Bonchev–Trinajstić information content (AvgIpc) is 2.93.